The molecule has 5 heteroatoms. The van der Waals surface area contributed by atoms with Crippen molar-refractivity contribution in [2.45, 2.75) is 13.0 Å². The molecule has 2 N–H and O–H groups in total. The van der Waals surface area contributed by atoms with Crippen LogP contribution in [0.5, 0.6) is 0 Å². The quantitative estimate of drug-likeness (QED) is 0.891. The third-order valence-corrected chi connectivity index (χ3v) is 4.86. The zero-order valence-electron chi connectivity index (χ0n) is 13.8. The molecule has 0 unspecified atom stereocenters. The summed E-state index contributed by atoms with van der Waals surface area (Å²) in [7, 11) is 0. The average Bonchev–Trinajstić information content (AvgIpc) is 2.62. The Morgan fingerprint density at radius 3 is 2.50 bits per heavy atom. The highest BCUT2D eigenvalue weighted by molar-refractivity contribution is 6.30. The molecule has 1 amide bonds. The number of quaternary nitrogens is 1. The van der Waals surface area contributed by atoms with Gasteiger partial charge in [-0.2, -0.15) is 0 Å². The number of para-hydroxylation sites is 1. The van der Waals surface area contributed by atoms with Crippen molar-refractivity contribution < 1.29 is 9.69 Å². The Hall–Kier alpha value is -2.04. The number of hydrogen-bond acceptors (Lipinski definition) is 2. The monoisotopic (exact) mass is 344 g/mol. The average molecular weight is 345 g/mol. The van der Waals surface area contributed by atoms with Crippen molar-refractivity contribution in [1.29, 1.82) is 0 Å². The molecule has 1 fully saturated rings. The summed E-state index contributed by atoms with van der Waals surface area (Å²) in [5.74, 6) is 0.0763. The number of benzene rings is 2. The fourth-order valence-corrected chi connectivity index (χ4v) is 3.30. The number of hydrogen-bond donors (Lipinski definition) is 2. The smallest absolute Gasteiger partial charge is 0.282 e. The van der Waals surface area contributed by atoms with Crippen molar-refractivity contribution in [2.75, 3.05) is 36.4 Å². The van der Waals surface area contributed by atoms with Crippen molar-refractivity contribution in [1.82, 2.24) is 0 Å². The van der Waals surface area contributed by atoms with E-state index in [0.717, 1.165) is 42.6 Å². The van der Waals surface area contributed by atoms with Crippen molar-refractivity contribution >= 4 is 28.9 Å². The summed E-state index contributed by atoms with van der Waals surface area (Å²) >= 11 is 6.08. The highest BCUT2D eigenvalue weighted by Crippen LogP contribution is 2.19. The number of rotatable bonds is 4. The number of nitrogens with one attached hydrogen (secondary N) is 2. The van der Waals surface area contributed by atoms with Crippen LogP contribution >= 0.6 is 11.6 Å². The zero-order chi connectivity index (χ0) is 16.9. The van der Waals surface area contributed by atoms with E-state index in [-0.39, 0.29) is 11.9 Å². The first-order valence-electron chi connectivity index (χ1n) is 8.34. The molecule has 2 aromatic carbocycles. The minimum atomic E-state index is -0.0632. The molecule has 2 aromatic rings. The van der Waals surface area contributed by atoms with Crippen LogP contribution in [0.3, 0.4) is 0 Å². The Labute approximate surface area is 148 Å². The van der Waals surface area contributed by atoms with Crippen LogP contribution in [0.25, 0.3) is 0 Å². The second kappa shape index (κ2) is 7.69. The fraction of sp³-hybridized carbons (Fsp3) is 0.316. The van der Waals surface area contributed by atoms with Gasteiger partial charge in [0.25, 0.3) is 5.91 Å². The summed E-state index contributed by atoms with van der Waals surface area (Å²) in [6.45, 7) is 5.74. The lowest BCUT2D eigenvalue weighted by molar-refractivity contribution is -0.914. The first kappa shape index (κ1) is 16.8. The van der Waals surface area contributed by atoms with Gasteiger partial charge in [0.1, 0.15) is 0 Å². The predicted molar refractivity (Wildman–Crippen MR) is 98.9 cm³/mol. The minimum absolute atomic E-state index is 0.0632. The van der Waals surface area contributed by atoms with Crippen molar-refractivity contribution in [3.63, 3.8) is 0 Å². The fourth-order valence-electron chi connectivity index (χ4n) is 3.12. The van der Waals surface area contributed by atoms with Gasteiger partial charge in [-0.1, -0.05) is 35.9 Å². The molecule has 0 saturated carbocycles. The number of piperazine rings is 1. The molecule has 126 valence electrons. The Balaban J connectivity index is 1.55. The molecule has 24 heavy (non-hydrogen) atoms. The SMILES string of the molecule is C[C@H](C(=O)Nc1ccccc1)[NH+]1CCN(c2cccc(Cl)c2)CC1. The second-order valence-corrected chi connectivity index (χ2v) is 6.64. The Morgan fingerprint density at radius 2 is 1.83 bits per heavy atom. The molecule has 0 bridgehead atoms. The molecule has 1 aliphatic rings. The van der Waals surface area contributed by atoms with E-state index in [1.807, 2.05) is 55.5 Å². The normalized spacial score (nSPS) is 16.7. The van der Waals surface area contributed by atoms with Crippen LogP contribution in [0.1, 0.15) is 6.92 Å². The van der Waals surface area contributed by atoms with Crippen LogP contribution in [-0.2, 0) is 4.79 Å². The molecule has 0 radical (unpaired) electrons. The Morgan fingerprint density at radius 1 is 1.12 bits per heavy atom. The van der Waals surface area contributed by atoms with E-state index in [0.29, 0.717) is 0 Å². The van der Waals surface area contributed by atoms with E-state index < -0.39 is 0 Å². The van der Waals surface area contributed by atoms with Crippen LogP contribution in [0, 0.1) is 0 Å². The minimum Gasteiger partial charge on any atom is -0.360 e. The second-order valence-electron chi connectivity index (χ2n) is 6.20. The molecule has 0 aliphatic carbocycles. The number of carbonyl (C=O) groups is 1. The number of amides is 1. The van der Waals surface area contributed by atoms with E-state index in [1.165, 1.54) is 4.90 Å². The summed E-state index contributed by atoms with van der Waals surface area (Å²) in [5, 5.41) is 3.76. The van der Waals surface area contributed by atoms with Gasteiger partial charge in [-0.15, -0.1) is 0 Å². The summed E-state index contributed by atoms with van der Waals surface area (Å²) in [6.07, 6.45) is 0. The molecule has 3 rings (SSSR count). The molecular formula is C19H23ClN3O+. The van der Waals surface area contributed by atoms with Crippen molar-refractivity contribution in [3.05, 3.63) is 59.6 Å². The van der Waals surface area contributed by atoms with Gasteiger partial charge >= 0.3 is 0 Å². The van der Waals surface area contributed by atoms with E-state index in [4.69, 9.17) is 11.6 Å². The van der Waals surface area contributed by atoms with Crippen LogP contribution in [0.4, 0.5) is 11.4 Å². The lowest BCUT2D eigenvalue weighted by atomic mass is 10.2. The van der Waals surface area contributed by atoms with Gasteiger partial charge < -0.3 is 15.1 Å². The summed E-state index contributed by atoms with van der Waals surface area (Å²) in [5.41, 5.74) is 2.01. The standard InChI is InChI=1S/C19H22ClN3O/c1-15(19(24)21-17-7-3-2-4-8-17)22-10-12-23(13-11-22)18-9-5-6-16(20)14-18/h2-9,14-15H,10-13H2,1H3,(H,21,24)/p+1/t15-/m1/s1. The van der Waals surface area contributed by atoms with E-state index >= 15 is 0 Å². The third kappa shape index (κ3) is 4.08. The third-order valence-electron chi connectivity index (χ3n) is 4.63. The molecule has 1 saturated heterocycles. The van der Waals surface area contributed by atoms with Crippen molar-refractivity contribution in [3.8, 4) is 0 Å². The lowest BCUT2D eigenvalue weighted by Crippen LogP contribution is -3.19. The number of anilines is 2. The van der Waals surface area contributed by atoms with Gasteiger partial charge in [0.2, 0.25) is 0 Å². The van der Waals surface area contributed by atoms with Crippen LogP contribution < -0.4 is 15.1 Å². The number of halogens is 1. The summed E-state index contributed by atoms with van der Waals surface area (Å²) in [6, 6.07) is 17.5. The zero-order valence-corrected chi connectivity index (χ0v) is 14.6. The number of nitrogens with zero attached hydrogens (tertiary/aromatic N) is 1. The van der Waals surface area contributed by atoms with Crippen molar-refractivity contribution in [2.24, 2.45) is 0 Å². The number of carbonyl (C=O) groups excluding carboxylic acids is 1. The maximum absolute atomic E-state index is 12.4. The van der Waals surface area contributed by atoms with Crippen LogP contribution in [0.2, 0.25) is 5.02 Å². The first-order chi connectivity index (χ1) is 11.6. The van der Waals surface area contributed by atoms with Gasteiger partial charge in [0, 0.05) is 16.4 Å². The van der Waals surface area contributed by atoms with E-state index in [2.05, 4.69) is 16.3 Å². The largest absolute Gasteiger partial charge is 0.360 e. The Bertz CT molecular complexity index is 684. The van der Waals surface area contributed by atoms with Gasteiger partial charge in [0.15, 0.2) is 6.04 Å². The molecule has 1 heterocycles. The maximum atomic E-state index is 12.4. The summed E-state index contributed by atoms with van der Waals surface area (Å²) in [4.78, 5) is 16.1. The lowest BCUT2D eigenvalue weighted by Gasteiger charge is -2.36. The van der Waals surface area contributed by atoms with Crippen LogP contribution in [0.15, 0.2) is 54.6 Å². The molecule has 0 spiro atoms. The van der Waals surface area contributed by atoms with Gasteiger partial charge in [-0.05, 0) is 37.3 Å². The van der Waals surface area contributed by atoms with Crippen LogP contribution in [-0.4, -0.2) is 38.1 Å². The molecule has 0 aromatic heterocycles. The molecule has 1 atom stereocenters. The first-order valence-corrected chi connectivity index (χ1v) is 8.72. The van der Waals surface area contributed by atoms with E-state index in [9.17, 15) is 4.79 Å². The topological polar surface area (TPSA) is 36.8 Å². The summed E-state index contributed by atoms with van der Waals surface area (Å²) < 4.78 is 0. The predicted octanol–water partition coefficient (Wildman–Crippen LogP) is 2.07. The highest BCUT2D eigenvalue weighted by Gasteiger charge is 2.29. The van der Waals surface area contributed by atoms with Gasteiger partial charge in [-0.3, -0.25) is 4.79 Å². The van der Waals surface area contributed by atoms with Gasteiger partial charge in [0.05, 0.1) is 26.2 Å². The van der Waals surface area contributed by atoms with E-state index in [1.54, 1.807) is 0 Å². The Kier molecular flexibility index (Phi) is 5.38. The molecule has 4 nitrogen and oxygen atoms in total. The van der Waals surface area contributed by atoms with Gasteiger partial charge in [-0.25, -0.2) is 0 Å². The molecule has 1 aliphatic heterocycles. The maximum Gasteiger partial charge on any atom is 0.282 e. The highest BCUT2D eigenvalue weighted by atomic mass is 35.5. The molecular weight excluding hydrogens is 322 g/mol.